The van der Waals surface area contributed by atoms with Crippen LogP contribution in [0.25, 0.3) is 0 Å². The highest BCUT2D eigenvalue weighted by atomic mass is 32.1. The number of ether oxygens (including phenoxy) is 2. The molecule has 14 atom stereocenters. The zero-order valence-electron chi connectivity index (χ0n) is 25.5. The molecule has 7 nitrogen and oxygen atoms in total. The van der Waals surface area contributed by atoms with E-state index in [4.69, 9.17) is 15.2 Å². The van der Waals surface area contributed by atoms with Gasteiger partial charge in [0.1, 0.15) is 29.9 Å². The van der Waals surface area contributed by atoms with E-state index < -0.39 is 36.0 Å². The van der Waals surface area contributed by atoms with Crippen LogP contribution in [0.1, 0.15) is 104 Å². The molecule has 0 spiro atoms. The minimum absolute atomic E-state index is 0.309. The van der Waals surface area contributed by atoms with E-state index >= 15 is 0 Å². The highest BCUT2D eigenvalue weighted by molar-refractivity contribution is 7.80. The second-order valence-electron chi connectivity index (χ2n) is 14.8. The predicted octanol–water partition coefficient (Wildman–Crippen LogP) is 4.35. The standard InChI is InChI=1S/C33H57NO6S/c1-19(34)23-11-12-24-22-10-9-20-18-21(13-15-32(20,2)25(22)14-16-33(23,24)3)39-17-7-5-4-6-8-26(35)30-28(37)27(36)29(38)31(41)40-30/h9,19,21-31,35-38,41H,4-8,10-18,34H2,1-3H3/t19-,21+,22?,23+,24?,25?,26?,27-,28-,29-,30+,31-,32-,33+/m0/s1. The summed E-state index contributed by atoms with van der Waals surface area (Å²) in [6, 6.07) is 0.309. The van der Waals surface area contributed by atoms with Crippen molar-refractivity contribution in [1.29, 1.82) is 0 Å². The van der Waals surface area contributed by atoms with Crippen LogP contribution in [0.3, 0.4) is 0 Å². The van der Waals surface area contributed by atoms with Crippen molar-refractivity contribution in [2.75, 3.05) is 6.61 Å². The lowest BCUT2D eigenvalue weighted by Gasteiger charge is -2.58. The summed E-state index contributed by atoms with van der Waals surface area (Å²) in [5, 5.41) is 40.3. The molecule has 1 saturated heterocycles. The van der Waals surface area contributed by atoms with Gasteiger partial charge in [-0.05, 0) is 106 Å². The molecule has 4 aliphatic carbocycles. The van der Waals surface area contributed by atoms with Gasteiger partial charge in [0.15, 0.2) is 0 Å². The molecule has 0 bridgehead atoms. The van der Waals surface area contributed by atoms with E-state index in [0.717, 1.165) is 62.9 Å². The van der Waals surface area contributed by atoms with Gasteiger partial charge >= 0.3 is 0 Å². The van der Waals surface area contributed by atoms with Crippen LogP contribution in [0.15, 0.2) is 11.6 Å². The molecule has 5 aliphatic rings. The van der Waals surface area contributed by atoms with Crippen LogP contribution in [0, 0.1) is 34.5 Å². The van der Waals surface area contributed by atoms with Crippen molar-refractivity contribution in [2.24, 2.45) is 40.2 Å². The molecule has 5 rings (SSSR count). The quantitative estimate of drug-likeness (QED) is 0.126. The summed E-state index contributed by atoms with van der Waals surface area (Å²) in [6.45, 7) is 8.14. The van der Waals surface area contributed by atoms with Gasteiger partial charge in [-0.15, -0.1) is 12.6 Å². The first kappa shape index (κ1) is 32.2. The summed E-state index contributed by atoms with van der Waals surface area (Å²) in [7, 11) is 0. The third-order valence-corrected chi connectivity index (χ3v) is 12.9. The molecule has 4 unspecified atom stereocenters. The van der Waals surface area contributed by atoms with E-state index in [1.807, 2.05) is 0 Å². The molecular formula is C33H57NO6S. The highest BCUT2D eigenvalue weighted by Gasteiger charge is 2.59. The van der Waals surface area contributed by atoms with E-state index in [-0.39, 0.29) is 0 Å². The maximum atomic E-state index is 10.5. The first-order valence-corrected chi connectivity index (χ1v) is 17.1. The molecule has 0 aromatic carbocycles. The van der Waals surface area contributed by atoms with Gasteiger partial charge in [-0.2, -0.15) is 0 Å². The lowest BCUT2D eigenvalue weighted by molar-refractivity contribution is -0.221. The van der Waals surface area contributed by atoms with Gasteiger partial charge in [0.2, 0.25) is 0 Å². The van der Waals surface area contributed by atoms with Crippen LogP contribution in [0.2, 0.25) is 0 Å². The number of nitrogens with two attached hydrogens (primary N) is 1. The monoisotopic (exact) mass is 595 g/mol. The molecule has 8 heteroatoms. The largest absolute Gasteiger partial charge is 0.390 e. The Morgan fingerprint density at radius 1 is 1.00 bits per heavy atom. The van der Waals surface area contributed by atoms with Gasteiger partial charge < -0.3 is 35.6 Å². The van der Waals surface area contributed by atoms with E-state index in [1.54, 1.807) is 5.57 Å². The Balaban J connectivity index is 1.02. The number of aliphatic hydroxyl groups excluding tert-OH is 4. The summed E-state index contributed by atoms with van der Waals surface area (Å²) in [5.41, 5.74) is 7.99. The van der Waals surface area contributed by atoms with Crippen molar-refractivity contribution >= 4 is 12.6 Å². The Kier molecular flexibility index (Phi) is 10.2. The second-order valence-corrected chi connectivity index (χ2v) is 15.3. The number of rotatable bonds is 10. The molecule has 1 aliphatic heterocycles. The number of hydrogen-bond donors (Lipinski definition) is 6. The lowest BCUT2D eigenvalue weighted by atomic mass is 9.47. The van der Waals surface area contributed by atoms with Crippen molar-refractivity contribution in [1.82, 2.24) is 0 Å². The van der Waals surface area contributed by atoms with Gasteiger partial charge in [0, 0.05) is 12.6 Å². The molecule has 41 heavy (non-hydrogen) atoms. The van der Waals surface area contributed by atoms with E-state index in [9.17, 15) is 20.4 Å². The van der Waals surface area contributed by atoms with Crippen LogP contribution >= 0.6 is 12.6 Å². The van der Waals surface area contributed by atoms with Crippen molar-refractivity contribution in [3.8, 4) is 0 Å². The molecule has 236 valence electrons. The van der Waals surface area contributed by atoms with Crippen LogP contribution in [0.4, 0.5) is 0 Å². The highest BCUT2D eigenvalue weighted by Crippen LogP contribution is 2.66. The number of hydrogen-bond acceptors (Lipinski definition) is 8. The average molecular weight is 596 g/mol. The van der Waals surface area contributed by atoms with Crippen molar-refractivity contribution in [3.63, 3.8) is 0 Å². The first-order valence-electron chi connectivity index (χ1n) is 16.6. The van der Waals surface area contributed by atoms with Crippen LogP contribution in [-0.2, 0) is 9.47 Å². The zero-order chi connectivity index (χ0) is 29.5. The molecule has 0 aromatic heterocycles. The van der Waals surface area contributed by atoms with E-state index in [0.29, 0.717) is 35.3 Å². The fraction of sp³-hybridized carbons (Fsp3) is 0.939. The predicted molar refractivity (Wildman–Crippen MR) is 163 cm³/mol. The number of allylic oxidation sites excluding steroid dienone is 1. The first-order chi connectivity index (χ1) is 19.5. The van der Waals surface area contributed by atoms with Gasteiger partial charge in [-0.3, -0.25) is 0 Å². The van der Waals surface area contributed by atoms with E-state index in [1.165, 1.54) is 38.5 Å². The average Bonchev–Trinajstić information content (AvgIpc) is 3.30. The summed E-state index contributed by atoms with van der Waals surface area (Å²) < 4.78 is 11.8. The fourth-order valence-corrected chi connectivity index (χ4v) is 10.4. The molecule has 4 fully saturated rings. The molecule has 6 N–H and O–H groups in total. The topological polar surface area (TPSA) is 125 Å². The Labute approximate surface area is 253 Å². The van der Waals surface area contributed by atoms with Crippen molar-refractivity contribution < 1.29 is 29.9 Å². The normalized spacial score (nSPS) is 47.6. The Morgan fingerprint density at radius 2 is 1.76 bits per heavy atom. The zero-order valence-corrected chi connectivity index (χ0v) is 26.4. The minimum atomic E-state index is -1.37. The summed E-state index contributed by atoms with van der Waals surface area (Å²) in [4.78, 5) is 0. The molecule has 1 heterocycles. The lowest BCUT2D eigenvalue weighted by Crippen LogP contribution is -2.59. The summed E-state index contributed by atoms with van der Waals surface area (Å²) in [6.07, 6.45) is 11.5. The summed E-state index contributed by atoms with van der Waals surface area (Å²) >= 11 is 4.10. The van der Waals surface area contributed by atoms with Gasteiger partial charge in [0.05, 0.1) is 12.2 Å². The Bertz CT molecular complexity index is 918. The van der Waals surface area contributed by atoms with Crippen LogP contribution in [0.5, 0.6) is 0 Å². The Hall–Kier alpha value is -0.190. The van der Waals surface area contributed by atoms with E-state index in [2.05, 4.69) is 39.5 Å². The van der Waals surface area contributed by atoms with Crippen LogP contribution in [-0.4, -0.2) is 75.1 Å². The smallest absolute Gasteiger partial charge is 0.129 e. The number of unbranched alkanes of at least 4 members (excludes halogenated alkanes) is 3. The molecule has 0 amide bonds. The second kappa shape index (κ2) is 13.0. The molecular weight excluding hydrogens is 538 g/mol. The minimum Gasteiger partial charge on any atom is -0.390 e. The fourth-order valence-electron chi connectivity index (χ4n) is 10.1. The third-order valence-electron chi connectivity index (χ3n) is 12.5. The number of thiol groups is 1. The van der Waals surface area contributed by atoms with Crippen LogP contribution < -0.4 is 5.73 Å². The number of aliphatic hydroxyl groups is 4. The van der Waals surface area contributed by atoms with Gasteiger partial charge in [-0.25, -0.2) is 0 Å². The SMILES string of the molecule is C[C@H](N)[C@H]1CCC2C3CC=C4C[C@H](OCCCCCCC(O)[C@H]5O[C@@H](S)[C@@H](O)[C@@H](O)[C@@H]5O)CC[C@]4(C)C3CC[C@@]21C. The molecule has 0 radical (unpaired) electrons. The van der Waals surface area contributed by atoms with Gasteiger partial charge in [0.25, 0.3) is 0 Å². The molecule has 3 saturated carbocycles. The third kappa shape index (κ3) is 6.20. The maximum absolute atomic E-state index is 10.5. The maximum Gasteiger partial charge on any atom is 0.129 e. The summed E-state index contributed by atoms with van der Waals surface area (Å²) in [5.74, 6) is 3.16. The van der Waals surface area contributed by atoms with Crippen molar-refractivity contribution in [3.05, 3.63) is 11.6 Å². The number of fused-ring (bicyclic) bond motifs is 5. The van der Waals surface area contributed by atoms with Gasteiger partial charge in [-0.1, -0.05) is 44.8 Å². The van der Waals surface area contributed by atoms with Crippen molar-refractivity contribution in [2.45, 2.75) is 152 Å². The molecule has 0 aromatic rings. The Morgan fingerprint density at radius 3 is 2.51 bits per heavy atom.